The normalized spacial score (nSPS) is 18.7. The van der Waals surface area contributed by atoms with Gasteiger partial charge in [0.05, 0.1) is 47.5 Å². The molecule has 3 aliphatic rings. The second-order valence-electron chi connectivity index (χ2n) is 16.0. The lowest BCUT2D eigenvalue weighted by Crippen LogP contribution is -2.53. The highest BCUT2D eigenvalue weighted by molar-refractivity contribution is 6.08. The smallest absolute Gasteiger partial charge is 0.407 e. The maximum Gasteiger partial charge on any atom is 0.407 e. The Morgan fingerprint density at radius 3 is 2.47 bits per heavy atom. The summed E-state index contributed by atoms with van der Waals surface area (Å²) in [7, 11) is 2.73. The van der Waals surface area contributed by atoms with E-state index in [0.29, 0.717) is 42.6 Å². The number of ether oxygens (including phenoxy) is 3. The predicted octanol–water partition coefficient (Wildman–Crippen LogP) is 6.50. The summed E-state index contributed by atoms with van der Waals surface area (Å²) in [5.74, 6) is 0.946. The number of benzene rings is 3. The number of hydrogen-bond donors (Lipinski definition) is 5. The van der Waals surface area contributed by atoms with Crippen molar-refractivity contribution in [3.05, 3.63) is 78.0 Å². The molecular weight excluding hydrogens is 769 g/mol. The number of carboxylic acid groups (broad SMARTS) is 1. The summed E-state index contributed by atoms with van der Waals surface area (Å²) in [5.41, 5.74) is 7.43. The van der Waals surface area contributed by atoms with Gasteiger partial charge in [-0.2, -0.15) is 0 Å². The minimum Gasteiger partial charge on any atom is -0.488 e. The molecule has 0 spiro atoms. The van der Waals surface area contributed by atoms with Gasteiger partial charge in [0.25, 0.3) is 5.91 Å². The first-order valence-electron chi connectivity index (χ1n) is 20.0. The third kappa shape index (κ3) is 7.20. The van der Waals surface area contributed by atoms with Crippen LogP contribution in [0.4, 0.5) is 9.59 Å². The Morgan fingerprint density at radius 1 is 0.933 bits per heavy atom. The lowest BCUT2D eigenvalue weighted by atomic mass is 9.92. The third-order valence-corrected chi connectivity index (χ3v) is 11.6. The molecule has 0 saturated carbocycles. The average molecular weight is 817 g/mol. The standard InChI is InChI=1S/C44H48N8O8/c1-21(2)36(49-43(55)56)42(54)52-23(4)8-13-33(52)40-46-31-12-10-25-16-30-28-11-9-26(15-27(28)20-60-35(30)17-29(25)38(31)48-40)32-18-45-39(47-32)34-14-22(3)19-51(34)41(53)37(24(5)58-6)50-44(57)59-7/h9-18,21-24,36-37,49H,8,19-20H2,1-7H3,(H,45,47)(H,46,48)(H,50,57)(H,55,56)/t22-,23-,24+,36-,37?/m0/s1. The number of H-pyrrole nitrogens is 2. The Hall–Kier alpha value is -6.68. The summed E-state index contributed by atoms with van der Waals surface area (Å²) in [6.07, 6.45) is 3.74. The van der Waals surface area contributed by atoms with E-state index < -0.39 is 30.4 Å². The van der Waals surface area contributed by atoms with Crippen molar-refractivity contribution in [3.63, 3.8) is 0 Å². The number of alkyl carbamates (subject to hydrolysis) is 1. The molecule has 8 rings (SSSR count). The lowest BCUT2D eigenvalue weighted by Gasteiger charge is -2.30. The van der Waals surface area contributed by atoms with E-state index in [1.54, 1.807) is 22.9 Å². The van der Waals surface area contributed by atoms with E-state index >= 15 is 0 Å². The molecule has 312 valence electrons. The van der Waals surface area contributed by atoms with Crippen molar-refractivity contribution < 1.29 is 38.5 Å². The quantitative estimate of drug-likeness (QED) is 0.104. The van der Waals surface area contributed by atoms with Crippen LogP contribution in [0.25, 0.3) is 55.6 Å². The molecule has 5 atom stereocenters. The summed E-state index contributed by atoms with van der Waals surface area (Å²) in [4.78, 5) is 70.9. The van der Waals surface area contributed by atoms with E-state index in [0.717, 1.165) is 55.5 Å². The molecule has 5 aromatic rings. The molecule has 0 fully saturated rings. The van der Waals surface area contributed by atoms with E-state index in [-0.39, 0.29) is 29.7 Å². The largest absolute Gasteiger partial charge is 0.488 e. The summed E-state index contributed by atoms with van der Waals surface area (Å²) < 4.78 is 16.6. The molecule has 1 unspecified atom stereocenters. The second kappa shape index (κ2) is 15.8. The van der Waals surface area contributed by atoms with Gasteiger partial charge >= 0.3 is 12.2 Å². The lowest BCUT2D eigenvalue weighted by molar-refractivity contribution is -0.133. The van der Waals surface area contributed by atoms with Gasteiger partial charge in [0.2, 0.25) is 5.91 Å². The maximum atomic E-state index is 13.8. The Bertz CT molecular complexity index is 2610. The van der Waals surface area contributed by atoms with Gasteiger partial charge in [0, 0.05) is 30.6 Å². The second-order valence-corrected chi connectivity index (χ2v) is 16.0. The number of fused-ring (bicyclic) bond motifs is 6. The number of carbonyl (C=O) groups excluding carboxylic acids is 3. The Balaban J connectivity index is 1.06. The van der Waals surface area contributed by atoms with Crippen molar-refractivity contribution in [2.24, 2.45) is 11.8 Å². The molecule has 4 amide bonds. The van der Waals surface area contributed by atoms with Gasteiger partial charge in [0.1, 0.15) is 24.4 Å². The van der Waals surface area contributed by atoms with Crippen LogP contribution in [0.2, 0.25) is 0 Å². The number of rotatable bonds is 10. The molecule has 60 heavy (non-hydrogen) atoms. The Kier molecular flexibility index (Phi) is 10.6. The van der Waals surface area contributed by atoms with Crippen LogP contribution >= 0.6 is 0 Å². The topological polar surface area (TPSA) is 204 Å². The fourth-order valence-corrected chi connectivity index (χ4v) is 8.33. The van der Waals surface area contributed by atoms with Crippen molar-refractivity contribution in [1.82, 2.24) is 40.4 Å². The van der Waals surface area contributed by atoms with Crippen LogP contribution < -0.4 is 15.4 Å². The third-order valence-electron chi connectivity index (χ3n) is 11.6. The fourth-order valence-electron chi connectivity index (χ4n) is 8.33. The zero-order chi connectivity index (χ0) is 42.6. The molecule has 16 heteroatoms. The molecule has 0 bridgehead atoms. The fraction of sp³-hybridized carbons (Fsp3) is 0.364. The van der Waals surface area contributed by atoms with Crippen LogP contribution in [0.15, 0.2) is 60.8 Å². The maximum absolute atomic E-state index is 13.8. The average Bonchev–Trinajstić information content (AvgIpc) is 4.05. The number of methoxy groups -OCH3 is 2. The van der Waals surface area contributed by atoms with Crippen LogP contribution in [0.3, 0.4) is 0 Å². The van der Waals surface area contributed by atoms with E-state index in [9.17, 15) is 24.3 Å². The predicted molar refractivity (Wildman–Crippen MR) is 224 cm³/mol. The number of aromatic amines is 2. The number of aromatic nitrogens is 4. The zero-order valence-electron chi connectivity index (χ0n) is 34.5. The van der Waals surface area contributed by atoms with Gasteiger partial charge in [-0.15, -0.1) is 0 Å². The molecule has 0 radical (unpaired) electrons. The number of nitrogens with zero attached hydrogens (tertiary/aromatic N) is 4. The van der Waals surface area contributed by atoms with Crippen LogP contribution in [0, 0.1) is 11.8 Å². The molecule has 0 aliphatic carbocycles. The molecule has 5 N–H and O–H groups in total. The highest BCUT2D eigenvalue weighted by Gasteiger charge is 2.38. The van der Waals surface area contributed by atoms with Crippen LogP contribution in [0.5, 0.6) is 5.75 Å². The zero-order valence-corrected chi connectivity index (χ0v) is 34.5. The first kappa shape index (κ1) is 40.1. The van der Waals surface area contributed by atoms with Crippen LogP contribution in [-0.4, -0.2) is 104 Å². The first-order chi connectivity index (χ1) is 28.8. The van der Waals surface area contributed by atoms with Crippen LogP contribution in [0.1, 0.15) is 58.3 Å². The first-order valence-corrected chi connectivity index (χ1v) is 20.0. The van der Waals surface area contributed by atoms with E-state index in [1.165, 1.54) is 14.2 Å². The van der Waals surface area contributed by atoms with Gasteiger partial charge in [-0.1, -0.05) is 51.1 Å². The summed E-state index contributed by atoms with van der Waals surface area (Å²) in [6.45, 7) is 10.1. The monoisotopic (exact) mass is 816 g/mol. The summed E-state index contributed by atoms with van der Waals surface area (Å²) in [5, 5.41) is 16.3. The van der Waals surface area contributed by atoms with Crippen molar-refractivity contribution in [2.45, 2.75) is 71.9 Å². The highest BCUT2D eigenvalue weighted by atomic mass is 16.5. The Morgan fingerprint density at radius 2 is 1.73 bits per heavy atom. The number of hydrogen-bond acceptors (Lipinski definition) is 9. The van der Waals surface area contributed by atoms with Gasteiger partial charge in [-0.3, -0.25) is 9.59 Å². The van der Waals surface area contributed by atoms with Crippen molar-refractivity contribution in [3.8, 4) is 28.1 Å². The number of carbonyl (C=O) groups is 4. The van der Waals surface area contributed by atoms with E-state index in [4.69, 9.17) is 19.2 Å². The minimum atomic E-state index is -1.24. The Labute approximate surface area is 346 Å². The molecular formula is C44H48N8O8. The van der Waals surface area contributed by atoms with Crippen LogP contribution in [-0.2, 0) is 25.7 Å². The molecule has 0 saturated heterocycles. The van der Waals surface area contributed by atoms with Gasteiger partial charge in [-0.25, -0.2) is 19.6 Å². The van der Waals surface area contributed by atoms with Gasteiger partial charge < -0.3 is 49.7 Å². The molecule has 5 heterocycles. The molecule has 3 aromatic carbocycles. The van der Waals surface area contributed by atoms with Crippen molar-refractivity contribution >= 4 is 57.2 Å². The number of imidazole rings is 2. The molecule has 16 nitrogen and oxygen atoms in total. The van der Waals surface area contributed by atoms with E-state index in [1.807, 2.05) is 64.1 Å². The van der Waals surface area contributed by atoms with E-state index in [2.05, 4.69) is 43.8 Å². The highest BCUT2D eigenvalue weighted by Crippen LogP contribution is 2.43. The summed E-state index contributed by atoms with van der Waals surface area (Å²) in [6, 6.07) is 12.3. The number of amides is 4. The van der Waals surface area contributed by atoms with Gasteiger partial charge in [0.15, 0.2) is 11.6 Å². The van der Waals surface area contributed by atoms with Crippen molar-refractivity contribution in [2.75, 3.05) is 20.8 Å². The van der Waals surface area contributed by atoms with Crippen molar-refractivity contribution in [1.29, 1.82) is 0 Å². The minimum absolute atomic E-state index is 0.0550. The molecule has 2 aromatic heterocycles. The van der Waals surface area contributed by atoms with Gasteiger partial charge in [-0.05, 0) is 78.4 Å². The molecule has 3 aliphatic heterocycles. The summed E-state index contributed by atoms with van der Waals surface area (Å²) >= 11 is 0. The number of nitrogens with one attached hydrogen (secondary N) is 4. The SMILES string of the molecule is COC(=O)NC(C(=O)N1C[C@@H](C)C=C1c1ncc(-c2ccc3c(c2)COc2cc4c(ccc5nc(C6=CC[C@H](C)N6C(=O)[C@@H](NC(=O)O)C(C)C)[nH]c54)cc2-3)[nH]1)[C@@H](C)OC.